The lowest BCUT2D eigenvalue weighted by atomic mass is 9.85. The molecular weight excluding hydrogens is 422 g/mol. The SMILES string of the molecule is Cc1nnc(-c2cnc3cnc(NC(=O)[C@H]4CC[C@H](NC(CF)CF)CC4)cc3c2)s1. The number of rotatable bonds is 7. The van der Waals surface area contributed by atoms with Gasteiger partial charge in [0, 0.05) is 29.1 Å². The minimum Gasteiger partial charge on any atom is -0.310 e. The van der Waals surface area contributed by atoms with Crippen LogP contribution in [-0.2, 0) is 4.79 Å². The van der Waals surface area contributed by atoms with Crippen molar-refractivity contribution in [1.29, 1.82) is 0 Å². The number of aromatic nitrogens is 4. The third kappa shape index (κ3) is 5.19. The first kappa shape index (κ1) is 21.6. The predicted molar refractivity (Wildman–Crippen MR) is 116 cm³/mol. The van der Waals surface area contributed by atoms with Crippen molar-refractivity contribution in [2.75, 3.05) is 18.7 Å². The maximum Gasteiger partial charge on any atom is 0.228 e. The molecule has 3 aromatic heterocycles. The highest BCUT2D eigenvalue weighted by Gasteiger charge is 2.27. The Morgan fingerprint density at radius 1 is 1.13 bits per heavy atom. The van der Waals surface area contributed by atoms with Gasteiger partial charge in [0.25, 0.3) is 0 Å². The zero-order valence-electron chi connectivity index (χ0n) is 17.1. The van der Waals surface area contributed by atoms with Gasteiger partial charge in [0.2, 0.25) is 5.91 Å². The number of aryl methyl sites for hydroxylation is 1. The fourth-order valence-corrected chi connectivity index (χ4v) is 4.52. The Labute approximate surface area is 182 Å². The quantitative estimate of drug-likeness (QED) is 0.573. The summed E-state index contributed by atoms with van der Waals surface area (Å²) in [6, 6.07) is 3.06. The minimum atomic E-state index is -0.750. The molecule has 0 unspecified atom stereocenters. The Balaban J connectivity index is 1.39. The first-order chi connectivity index (χ1) is 15.1. The van der Waals surface area contributed by atoms with Gasteiger partial charge in [-0.1, -0.05) is 11.3 Å². The molecule has 31 heavy (non-hydrogen) atoms. The molecule has 0 bridgehead atoms. The average Bonchev–Trinajstić information content (AvgIpc) is 3.23. The van der Waals surface area contributed by atoms with Gasteiger partial charge in [-0.15, -0.1) is 10.2 Å². The third-order valence-electron chi connectivity index (χ3n) is 5.53. The number of hydrogen-bond acceptors (Lipinski definition) is 7. The molecule has 3 aromatic rings. The van der Waals surface area contributed by atoms with E-state index >= 15 is 0 Å². The van der Waals surface area contributed by atoms with Gasteiger partial charge in [-0.05, 0) is 44.7 Å². The zero-order chi connectivity index (χ0) is 21.8. The third-order valence-corrected chi connectivity index (χ3v) is 6.42. The van der Waals surface area contributed by atoms with Gasteiger partial charge in [-0.25, -0.2) is 13.8 Å². The summed E-state index contributed by atoms with van der Waals surface area (Å²) < 4.78 is 25.4. The van der Waals surface area contributed by atoms with Gasteiger partial charge < -0.3 is 10.6 Å². The van der Waals surface area contributed by atoms with Crippen LogP contribution in [0, 0.1) is 12.8 Å². The largest absolute Gasteiger partial charge is 0.310 e. The molecule has 0 aliphatic heterocycles. The standard InChI is InChI=1S/C21H24F2N6OS/c1-12-28-29-21(31-12)15-6-14-7-19(25-11-18(14)24-10-15)27-20(30)13-2-4-16(5-3-13)26-17(8-22)9-23/h6-7,10-11,13,16-17,26H,2-5,8-9H2,1H3,(H,25,27,30)/t13-,16-. The van der Waals surface area contributed by atoms with Crippen LogP contribution < -0.4 is 10.6 Å². The maximum absolute atomic E-state index is 12.7. The fourth-order valence-electron chi connectivity index (χ4n) is 3.84. The van der Waals surface area contributed by atoms with Crippen molar-refractivity contribution < 1.29 is 13.6 Å². The van der Waals surface area contributed by atoms with E-state index in [1.807, 2.05) is 13.0 Å². The lowest BCUT2D eigenvalue weighted by Crippen LogP contribution is -2.44. The number of nitrogens with zero attached hydrogens (tertiary/aromatic N) is 4. The Morgan fingerprint density at radius 2 is 1.90 bits per heavy atom. The van der Waals surface area contributed by atoms with E-state index in [2.05, 4.69) is 30.8 Å². The highest BCUT2D eigenvalue weighted by molar-refractivity contribution is 7.14. The molecule has 2 N–H and O–H groups in total. The van der Waals surface area contributed by atoms with Gasteiger partial charge >= 0.3 is 0 Å². The van der Waals surface area contributed by atoms with Crippen LogP contribution in [0.1, 0.15) is 30.7 Å². The Kier molecular flexibility index (Phi) is 6.77. The second-order valence-electron chi connectivity index (χ2n) is 7.82. The number of anilines is 1. The van der Waals surface area contributed by atoms with Crippen LogP contribution in [0.2, 0.25) is 0 Å². The maximum atomic E-state index is 12.7. The summed E-state index contributed by atoms with van der Waals surface area (Å²) in [5.74, 6) is 0.250. The lowest BCUT2D eigenvalue weighted by Gasteiger charge is -2.30. The van der Waals surface area contributed by atoms with E-state index in [1.165, 1.54) is 11.3 Å². The molecule has 1 aliphatic carbocycles. The first-order valence-electron chi connectivity index (χ1n) is 10.3. The Bertz CT molecular complexity index is 1050. The molecule has 0 aromatic carbocycles. The molecule has 1 amide bonds. The van der Waals surface area contributed by atoms with Gasteiger partial charge in [-0.2, -0.15) is 0 Å². The molecule has 0 atom stereocenters. The molecule has 4 rings (SSSR count). The minimum absolute atomic E-state index is 0.0489. The second kappa shape index (κ2) is 9.69. The predicted octanol–water partition coefficient (Wildman–Crippen LogP) is 3.85. The topological polar surface area (TPSA) is 92.7 Å². The van der Waals surface area contributed by atoms with Crippen molar-refractivity contribution in [2.45, 2.75) is 44.7 Å². The molecule has 0 spiro atoms. The van der Waals surface area contributed by atoms with Crippen molar-refractivity contribution in [2.24, 2.45) is 5.92 Å². The van der Waals surface area contributed by atoms with E-state index in [1.54, 1.807) is 18.5 Å². The summed E-state index contributed by atoms with van der Waals surface area (Å²) in [6.07, 6.45) is 6.15. The molecule has 7 nitrogen and oxygen atoms in total. The number of pyridine rings is 2. The fraction of sp³-hybridized carbons (Fsp3) is 0.476. The van der Waals surface area contributed by atoms with Crippen LogP contribution in [-0.4, -0.2) is 51.5 Å². The summed E-state index contributed by atoms with van der Waals surface area (Å²) in [7, 11) is 0. The van der Waals surface area contributed by atoms with Crippen LogP contribution in [0.4, 0.5) is 14.6 Å². The average molecular weight is 447 g/mol. The molecule has 10 heteroatoms. The van der Waals surface area contributed by atoms with Crippen LogP contribution in [0.5, 0.6) is 0 Å². The Hall–Kier alpha value is -2.59. The van der Waals surface area contributed by atoms with Gasteiger partial charge in [-0.3, -0.25) is 9.78 Å². The summed E-state index contributed by atoms with van der Waals surface area (Å²) in [5, 5.41) is 16.6. The summed E-state index contributed by atoms with van der Waals surface area (Å²) in [5.41, 5.74) is 1.59. The number of fused-ring (bicyclic) bond motifs is 1. The zero-order valence-corrected chi connectivity index (χ0v) is 18.0. The van der Waals surface area contributed by atoms with Crippen molar-refractivity contribution in [1.82, 2.24) is 25.5 Å². The summed E-state index contributed by atoms with van der Waals surface area (Å²) in [4.78, 5) is 21.4. The van der Waals surface area contributed by atoms with Crippen LogP contribution >= 0.6 is 11.3 Å². The molecule has 0 saturated heterocycles. The molecule has 0 radical (unpaired) electrons. The molecule has 1 fully saturated rings. The van der Waals surface area contributed by atoms with Crippen molar-refractivity contribution in [3.63, 3.8) is 0 Å². The number of amides is 1. The molecule has 1 saturated carbocycles. The van der Waals surface area contributed by atoms with E-state index in [0.717, 1.165) is 26.5 Å². The van der Waals surface area contributed by atoms with E-state index < -0.39 is 19.4 Å². The Morgan fingerprint density at radius 3 is 2.58 bits per heavy atom. The number of carbonyl (C=O) groups excluding carboxylic acids is 1. The molecule has 3 heterocycles. The highest BCUT2D eigenvalue weighted by atomic mass is 32.1. The second-order valence-corrected chi connectivity index (χ2v) is 9.00. The smallest absolute Gasteiger partial charge is 0.228 e. The first-order valence-corrected chi connectivity index (χ1v) is 11.1. The number of carbonyl (C=O) groups is 1. The highest BCUT2D eigenvalue weighted by Crippen LogP contribution is 2.28. The van der Waals surface area contributed by atoms with Crippen LogP contribution in [0.15, 0.2) is 24.5 Å². The summed E-state index contributed by atoms with van der Waals surface area (Å²) in [6.45, 7) is 0.455. The van der Waals surface area contributed by atoms with Gasteiger partial charge in [0.15, 0.2) is 0 Å². The van der Waals surface area contributed by atoms with Crippen LogP contribution in [0.25, 0.3) is 21.5 Å². The lowest BCUT2D eigenvalue weighted by molar-refractivity contribution is -0.120. The van der Waals surface area contributed by atoms with Gasteiger partial charge in [0.05, 0.1) is 17.8 Å². The van der Waals surface area contributed by atoms with Crippen molar-refractivity contribution in [3.05, 3.63) is 29.5 Å². The van der Waals surface area contributed by atoms with Crippen LogP contribution in [0.3, 0.4) is 0 Å². The van der Waals surface area contributed by atoms with Gasteiger partial charge in [0.1, 0.15) is 29.2 Å². The number of alkyl halides is 2. The van der Waals surface area contributed by atoms with E-state index in [0.29, 0.717) is 31.5 Å². The molecule has 164 valence electrons. The number of nitrogens with one attached hydrogen (secondary N) is 2. The van der Waals surface area contributed by atoms with Crippen molar-refractivity contribution >= 4 is 34.0 Å². The monoisotopic (exact) mass is 446 g/mol. The normalized spacial score (nSPS) is 19.1. The number of halogens is 2. The van der Waals surface area contributed by atoms with E-state index in [4.69, 9.17) is 0 Å². The van der Waals surface area contributed by atoms with E-state index in [-0.39, 0.29) is 17.9 Å². The summed E-state index contributed by atoms with van der Waals surface area (Å²) >= 11 is 1.50. The van der Waals surface area contributed by atoms with E-state index in [9.17, 15) is 13.6 Å². The van der Waals surface area contributed by atoms with Crippen molar-refractivity contribution in [3.8, 4) is 10.6 Å². The molecular formula is C21H24F2N6OS. The number of hydrogen-bond donors (Lipinski definition) is 2. The molecule has 1 aliphatic rings.